The summed E-state index contributed by atoms with van der Waals surface area (Å²) in [5.74, 6) is 0. The third-order valence-electron chi connectivity index (χ3n) is 3.73. The second-order valence-electron chi connectivity index (χ2n) is 6.87. The summed E-state index contributed by atoms with van der Waals surface area (Å²) >= 11 is 0. The van der Waals surface area contributed by atoms with Crippen molar-refractivity contribution in [2.45, 2.75) is 36.6 Å². The van der Waals surface area contributed by atoms with Crippen LogP contribution in [0.1, 0.15) is 0 Å². The van der Waals surface area contributed by atoms with Gasteiger partial charge < -0.3 is 64.5 Å². The lowest BCUT2D eigenvalue weighted by molar-refractivity contribution is -0.123. The van der Waals surface area contributed by atoms with Crippen molar-refractivity contribution in [1.82, 2.24) is 0 Å². The Hall–Kier alpha value is -0.520. The normalized spacial score (nSPS) is 17.8. The van der Waals surface area contributed by atoms with Gasteiger partial charge >= 0.3 is 0 Å². The lowest BCUT2D eigenvalue weighted by Gasteiger charge is -2.23. The lowest BCUT2D eigenvalue weighted by Crippen LogP contribution is -2.35. The Morgan fingerprint density at radius 3 is 0.935 bits per heavy atom. The molecule has 0 aliphatic rings. The minimum Gasteiger partial charge on any atom is -0.394 e. The number of ether oxygens (including phenoxy) is 5. The summed E-state index contributed by atoms with van der Waals surface area (Å²) < 4.78 is 26.9. The summed E-state index contributed by atoms with van der Waals surface area (Å²) in [6.45, 7) is -2.62. The van der Waals surface area contributed by atoms with Crippen molar-refractivity contribution >= 4 is 0 Å². The molecule has 13 heteroatoms. The summed E-state index contributed by atoms with van der Waals surface area (Å²) in [7, 11) is 0. The molecule has 0 spiro atoms. The first-order valence-corrected chi connectivity index (χ1v) is 9.98. The van der Waals surface area contributed by atoms with E-state index in [0.29, 0.717) is 0 Å². The topological polar surface area (TPSA) is 208 Å². The summed E-state index contributed by atoms with van der Waals surface area (Å²) in [5.41, 5.74) is 0. The van der Waals surface area contributed by atoms with Crippen LogP contribution in [-0.4, -0.2) is 157 Å². The fourth-order valence-electron chi connectivity index (χ4n) is 2.00. The second-order valence-corrected chi connectivity index (χ2v) is 6.87. The van der Waals surface area contributed by atoms with Crippen LogP contribution >= 0.6 is 0 Å². The van der Waals surface area contributed by atoms with Gasteiger partial charge in [-0.25, -0.2) is 0 Å². The zero-order valence-corrected chi connectivity index (χ0v) is 17.6. The molecule has 0 saturated heterocycles. The molecule has 0 aromatic rings. The van der Waals surface area contributed by atoms with Crippen LogP contribution in [0.15, 0.2) is 0 Å². The third-order valence-corrected chi connectivity index (χ3v) is 3.73. The molecule has 0 aromatic heterocycles. The highest BCUT2D eigenvalue weighted by molar-refractivity contribution is 4.64. The molecule has 6 unspecified atom stereocenters. The van der Waals surface area contributed by atoms with Crippen LogP contribution in [0.25, 0.3) is 0 Å². The van der Waals surface area contributed by atoms with Gasteiger partial charge in [0.15, 0.2) is 0 Å². The van der Waals surface area contributed by atoms with Crippen LogP contribution in [0.3, 0.4) is 0 Å². The minimum absolute atomic E-state index is 0.0188. The molecular weight excluding hydrogens is 424 g/mol. The number of rotatable bonds is 22. The zero-order valence-electron chi connectivity index (χ0n) is 17.6. The molecule has 0 aliphatic carbocycles. The van der Waals surface area contributed by atoms with Crippen molar-refractivity contribution in [1.29, 1.82) is 0 Å². The molecule has 6 atom stereocenters. The Kier molecular flexibility index (Phi) is 19.8. The van der Waals surface area contributed by atoms with Gasteiger partial charge in [0, 0.05) is 0 Å². The number of hydrogen-bond donors (Lipinski definition) is 8. The maximum Gasteiger partial charge on any atom is 0.104 e. The fourth-order valence-corrected chi connectivity index (χ4v) is 2.00. The van der Waals surface area contributed by atoms with Crippen LogP contribution in [0.5, 0.6) is 0 Å². The van der Waals surface area contributed by atoms with E-state index in [1.165, 1.54) is 0 Å². The average molecular weight is 462 g/mol. The SMILES string of the molecule is OCC(O)COCC(COCC(COCC(O)CO)OCC(O)CO)OCC(O)CO. The van der Waals surface area contributed by atoms with Crippen LogP contribution in [-0.2, 0) is 23.7 Å². The molecule has 188 valence electrons. The summed E-state index contributed by atoms with van der Waals surface area (Å²) in [6, 6.07) is 0. The van der Waals surface area contributed by atoms with Gasteiger partial charge in [-0.1, -0.05) is 0 Å². The number of aliphatic hydroxyl groups is 8. The Balaban J connectivity index is 4.56. The van der Waals surface area contributed by atoms with Gasteiger partial charge in [0.2, 0.25) is 0 Å². The summed E-state index contributed by atoms with van der Waals surface area (Å²) in [4.78, 5) is 0. The van der Waals surface area contributed by atoms with E-state index in [1.54, 1.807) is 0 Å². The van der Waals surface area contributed by atoms with Gasteiger partial charge in [-0.05, 0) is 0 Å². The molecule has 31 heavy (non-hydrogen) atoms. The molecule has 0 aliphatic heterocycles. The quantitative estimate of drug-likeness (QED) is 0.0761. The van der Waals surface area contributed by atoms with Crippen molar-refractivity contribution in [2.75, 3.05) is 79.3 Å². The van der Waals surface area contributed by atoms with E-state index < -0.39 is 63.1 Å². The average Bonchev–Trinajstić information content (AvgIpc) is 2.78. The van der Waals surface area contributed by atoms with Crippen molar-refractivity contribution < 1.29 is 64.5 Å². The Morgan fingerprint density at radius 2 is 0.645 bits per heavy atom. The van der Waals surface area contributed by atoms with Gasteiger partial charge in [-0.15, -0.1) is 0 Å². The summed E-state index contributed by atoms with van der Waals surface area (Å²) in [5, 5.41) is 72.9. The highest BCUT2D eigenvalue weighted by Gasteiger charge is 2.18. The van der Waals surface area contributed by atoms with Crippen molar-refractivity contribution in [3.05, 3.63) is 0 Å². The van der Waals surface area contributed by atoms with E-state index in [9.17, 15) is 20.4 Å². The monoisotopic (exact) mass is 462 g/mol. The molecule has 0 radical (unpaired) electrons. The largest absolute Gasteiger partial charge is 0.394 e. The highest BCUT2D eigenvalue weighted by atomic mass is 16.6. The van der Waals surface area contributed by atoms with Crippen LogP contribution in [0, 0.1) is 0 Å². The van der Waals surface area contributed by atoms with Crippen molar-refractivity contribution in [3.8, 4) is 0 Å². The van der Waals surface area contributed by atoms with E-state index in [4.69, 9.17) is 44.1 Å². The maximum absolute atomic E-state index is 9.43. The van der Waals surface area contributed by atoms with Crippen LogP contribution < -0.4 is 0 Å². The highest BCUT2D eigenvalue weighted by Crippen LogP contribution is 2.03. The van der Waals surface area contributed by atoms with Gasteiger partial charge in [0.1, 0.15) is 36.6 Å². The molecule has 13 nitrogen and oxygen atoms in total. The van der Waals surface area contributed by atoms with E-state index in [1.807, 2.05) is 0 Å². The van der Waals surface area contributed by atoms with E-state index in [-0.39, 0.29) is 52.9 Å². The predicted molar refractivity (Wildman–Crippen MR) is 104 cm³/mol. The molecular formula is C18H38O13. The van der Waals surface area contributed by atoms with Crippen LogP contribution in [0.2, 0.25) is 0 Å². The number of aliphatic hydroxyl groups excluding tert-OH is 8. The molecule has 0 amide bonds. The van der Waals surface area contributed by atoms with Gasteiger partial charge in [-0.3, -0.25) is 0 Å². The molecule has 0 bridgehead atoms. The van der Waals surface area contributed by atoms with Gasteiger partial charge in [0.05, 0.1) is 79.3 Å². The molecule has 0 fully saturated rings. The van der Waals surface area contributed by atoms with E-state index >= 15 is 0 Å². The fraction of sp³-hybridized carbons (Fsp3) is 1.00. The van der Waals surface area contributed by atoms with Crippen LogP contribution in [0.4, 0.5) is 0 Å². The van der Waals surface area contributed by atoms with Gasteiger partial charge in [-0.2, -0.15) is 0 Å². The number of hydrogen-bond acceptors (Lipinski definition) is 13. The Labute approximate surface area is 181 Å². The van der Waals surface area contributed by atoms with E-state index in [2.05, 4.69) is 0 Å². The predicted octanol–water partition coefficient (Wildman–Crippen LogP) is -4.78. The smallest absolute Gasteiger partial charge is 0.104 e. The Morgan fingerprint density at radius 1 is 0.387 bits per heavy atom. The molecule has 0 saturated carbocycles. The third kappa shape index (κ3) is 17.7. The van der Waals surface area contributed by atoms with Crippen molar-refractivity contribution in [3.63, 3.8) is 0 Å². The first-order chi connectivity index (χ1) is 14.9. The Bertz CT molecular complexity index is 355. The minimum atomic E-state index is -1.09. The molecule has 0 rings (SSSR count). The zero-order chi connectivity index (χ0) is 23.5. The van der Waals surface area contributed by atoms with Crippen molar-refractivity contribution in [2.24, 2.45) is 0 Å². The molecule has 8 N–H and O–H groups in total. The first kappa shape index (κ1) is 30.5. The molecule has 0 aromatic carbocycles. The second kappa shape index (κ2) is 20.1. The maximum atomic E-state index is 9.43. The molecule has 0 heterocycles. The standard InChI is InChI=1S/C18H38O13/c19-1-13(23)5-27-9-17(30-7-15(25)3-21)11-29-12-18(31-8-16(26)4-22)10-28-6-14(24)2-20/h13-26H,1-12H2. The van der Waals surface area contributed by atoms with E-state index in [0.717, 1.165) is 0 Å². The summed E-state index contributed by atoms with van der Waals surface area (Å²) in [6.07, 6.45) is -5.62. The first-order valence-electron chi connectivity index (χ1n) is 9.98. The lowest BCUT2D eigenvalue weighted by atomic mass is 10.3. The van der Waals surface area contributed by atoms with Gasteiger partial charge in [0.25, 0.3) is 0 Å².